The van der Waals surface area contributed by atoms with Gasteiger partial charge in [-0.2, -0.15) is 0 Å². The molecule has 1 heterocycles. The van der Waals surface area contributed by atoms with Crippen molar-refractivity contribution in [2.24, 2.45) is 0 Å². The molecule has 3 rings (SSSR count). The molecule has 0 bridgehead atoms. The number of para-hydroxylation sites is 1. The summed E-state index contributed by atoms with van der Waals surface area (Å²) in [6.45, 7) is 2.40. The lowest BCUT2D eigenvalue weighted by Gasteiger charge is -2.04. The monoisotopic (exact) mass is 368 g/mol. The van der Waals surface area contributed by atoms with E-state index < -0.39 is 10.0 Å². The Morgan fingerprint density at radius 1 is 1.22 bits per heavy atom. The number of hydrogen-bond donors (Lipinski definition) is 1. The first-order valence-corrected chi connectivity index (χ1v) is 9.48. The zero-order chi connectivity index (χ0) is 16.4. The predicted molar refractivity (Wildman–Crippen MR) is 93.0 cm³/mol. The van der Waals surface area contributed by atoms with Crippen LogP contribution in [0.2, 0.25) is 5.02 Å². The van der Waals surface area contributed by atoms with Gasteiger partial charge in [0, 0.05) is 5.02 Å². The van der Waals surface area contributed by atoms with Gasteiger partial charge in [-0.25, -0.2) is 13.4 Å². The van der Waals surface area contributed by atoms with Gasteiger partial charge in [0.05, 0.1) is 16.2 Å². The van der Waals surface area contributed by atoms with Crippen molar-refractivity contribution >= 4 is 48.3 Å². The molecule has 0 saturated heterocycles. The SMILES string of the molecule is CCOc1cccc2sc(NS(=O)(=O)c3ccc(Cl)cc3)nc12. The minimum Gasteiger partial charge on any atom is -0.492 e. The minimum atomic E-state index is -3.70. The van der Waals surface area contributed by atoms with Crippen LogP contribution in [0.3, 0.4) is 0 Å². The summed E-state index contributed by atoms with van der Waals surface area (Å²) in [5.41, 5.74) is 0.646. The van der Waals surface area contributed by atoms with Crippen LogP contribution < -0.4 is 9.46 Å². The number of benzene rings is 2. The summed E-state index contributed by atoms with van der Waals surface area (Å²) in [5.74, 6) is 0.637. The number of aromatic nitrogens is 1. The van der Waals surface area contributed by atoms with E-state index >= 15 is 0 Å². The highest BCUT2D eigenvalue weighted by Crippen LogP contribution is 2.33. The van der Waals surface area contributed by atoms with E-state index in [1.165, 1.54) is 35.6 Å². The van der Waals surface area contributed by atoms with Gasteiger partial charge in [-0.15, -0.1) is 0 Å². The Morgan fingerprint density at radius 3 is 2.65 bits per heavy atom. The van der Waals surface area contributed by atoms with Crippen LogP contribution in [0, 0.1) is 0 Å². The topological polar surface area (TPSA) is 68.3 Å². The molecule has 0 aliphatic heterocycles. The number of nitrogens with zero attached hydrogens (tertiary/aromatic N) is 1. The van der Waals surface area contributed by atoms with Gasteiger partial charge >= 0.3 is 0 Å². The van der Waals surface area contributed by atoms with Crippen molar-refractivity contribution in [1.29, 1.82) is 0 Å². The largest absolute Gasteiger partial charge is 0.492 e. The van der Waals surface area contributed by atoms with E-state index in [-0.39, 0.29) is 4.90 Å². The number of hydrogen-bond acceptors (Lipinski definition) is 5. The van der Waals surface area contributed by atoms with Crippen molar-refractivity contribution in [3.63, 3.8) is 0 Å². The van der Waals surface area contributed by atoms with Gasteiger partial charge in [0.25, 0.3) is 10.0 Å². The average molecular weight is 369 g/mol. The van der Waals surface area contributed by atoms with Crippen LogP contribution in [0.4, 0.5) is 5.13 Å². The number of nitrogens with one attached hydrogen (secondary N) is 1. The minimum absolute atomic E-state index is 0.131. The van der Waals surface area contributed by atoms with E-state index in [2.05, 4.69) is 9.71 Å². The first-order chi connectivity index (χ1) is 11.0. The highest BCUT2D eigenvalue weighted by molar-refractivity contribution is 7.93. The zero-order valence-corrected chi connectivity index (χ0v) is 14.5. The quantitative estimate of drug-likeness (QED) is 0.734. The molecule has 0 atom stereocenters. The third kappa shape index (κ3) is 3.41. The van der Waals surface area contributed by atoms with Crippen molar-refractivity contribution < 1.29 is 13.2 Å². The molecule has 0 spiro atoms. The summed E-state index contributed by atoms with van der Waals surface area (Å²) in [7, 11) is -3.70. The smallest absolute Gasteiger partial charge is 0.263 e. The van der Waals surface area contributed by atoms with Gasteiger partial charge in [0.1, 0.15) is 11.3 Å². The summed E-state index contributed by atoms with van der Waals surface area (Å²) in [6.07, 6.45) is 0. The van der Waals surface area contributed by atoms with Crippen molar-refractivity contribution in [3.05, 3.63) is 47.5 Å². The molecule has 0 aliphatic rings. The molecule has 120 valence electrons. The third-order valence-electron chi connectivity index (χ3n) is 3.03. The fourth-order valence-electron chi connectivity index (χ4n) is 2.03. The van der Waals surface area contributed by atoms with E-state index in [0.29, 0.717) is 28.0 Å². The Bertz CT molecular complexity index is 937. The van der Waals surface area contributed by atoms with Gasteiger partial charge in [0.2, 0.25) is 0 Å². The third-order valence-corrected chi connectivity index (χ3v) is 5.70. The van der Waals surface area contributed by atoms with E-state index in [1.54, 1.807) is 0 Å². The van der Waals surface area contributed by atoms with Crippen LogP contribution in [0.15, 0.2) is 47.4 Å². The summed E-state index contributed by atoms with van der Waals surface area (Å²) >= 11 is 7.04. The van der Waals surface area contributed by atoms with Crippen LogP contribution in [0.1, 0.15) is 6.92 Å². The van der Waals surface area contributed by atoms with E-state index in [0.717, 1.165) is 4.70 Å². The molecule has 1 N–H and O–H groups in total. The second kappa shape index (κ2) is 6.35. The summed E-state index contributed by atoms with van der Waals surface area (Å²) in [4.78, 5) is 4.47. The van der Waals surface area contributed by atoms with E-state index in [4.69, 9.17) is 16.3 Å². The fraction of sp³-hybridized carbons (Fsp3) is 0.133. The molecule has 8 heteroatoms. The number of fused-ring (bicyclic) bond motifs is 1. The van der Waals surface area contributed by atoms with E-state index in [9.17, 15) is 8.42 Å². The molecular formula is C15H13ClN2O3S2. The summed E-state index contributed by atoms with van der Waals surface area (Å²) < 4.78 is 33.6. The average Bonchev–Trinajstić information content (AvgIpc) is 2.90. The standard InChI is InChI=1S/C15H13ClN2O3S2/c1-2-21-12-4-3-5-13-14(12)17-15(22-13)18-23(19,20)11-8-6-10(16)7-9-11/h3-9H,2H2,1H3,(H,17,18). The maximum absolute atomic E-state index is 12.4. The summed E-state index contributed by atoms with van der Waals surface area (Å²) in [6, 6.07) is 11.5. The molecule has 0 fully saturated rings. The van der Waals surface area contributed by atoms with Gasteiger partial charge in [-0.05, 0) is 43.3 Å². The second-order valence-electron chi connectivity index (χ2n) is 4.61. The number of thiazole rings is 1. The molecular weight excluding hydrogens is 356 g/mol. The molecule has 0 aliphatic carbocycles. The van der Waals surface area contributed by atoms with Gasteiger partial charge in [0.15, 0.2) is 5.13 Å². The number of rotatable bonds is 5. The first-order valence-electron chi connectivity index (χ1n) is 6.80. The van der Waals surface area contributed by atoms with Crippen LogP contribution in [-0.4, -0.2) is 20.0 Å². The number of anilines is 1. The molecule has 3 aromatic rings. The van der Waals surface area contributed by atoms with E-state index in [1.807, 2.05) is 25.1 Å². The van der Waals surface area contributed by atoms with Gasteiger partial charge in [-0.1, -0.05) is 29.0 Å². The molecule has 1 aromatic heterocycles. The van der Waals surface area contributed by atoms with Gasteiger partial charge in [-0.3, -0.25) is 4.72 Å². The van der Waals surface area contributed by atoms with Crippen LogP contribution in [0.5, 0.6) is 5.75 Å². The Morgan fingerprint density at radius 2 is 1.96 bits per heavy atom. The Hall–Kier alpha value is -1.83. The first kappa shape index (κ1) is 16.0. The maximum Gasteiger partial charge on any atom is 0.263 e. The molecule has 0 radical (unpaired) electrons. The van der Waals surface area contributed by atoms with Crippen LogP contribution in [-0.2, 0) is 10.0 Å². The van der Waals surface area contributed by atoms with Crippen molar-refractivity contribution in [2.45, 2.75) is 11.8 Å². The Balaban J connectivity index is 1.95. The number of sulfonamides is 1. The number of halogens is 1. The molecule has 5 nitrogen and oxygen atoms in total. The zero-order valence-electron chi connectivity index (χ0n) is 12.1. The lowest BCUT2D eigenvalue weighted by Crippen LogP contribution is -2.12. The highest BCUT2D eigenvalue weighted by atomic mass is 35.5. The van der Waals surface area contributed by atoms with Crippen molar-refractivity contribution in [3.8, 4) is 5.75 Å². The lowest BCUT2D eigenvalue weighted by atomic mass is 10.3. The Kier molecular flexibility index (Phi) is 4.43. The number of ether oxygens (including phenoxy) is 1. The molecule has 2 aromatic carbocycles. The highest BCUT2D eigenvalue weighted by Gasteiger charge is 2.17. The fourth-order valence-corrected chi connectivity index (χ4v) is 4.27. The maximum atomic E-state index is 12.4. The van der Waals surface area contributed by atoms with Crippen molar-refractivity contribution in [2.75, 3.05) is 11.3 Å². The van der Waals surface area contributed by atoms with Crippen LogP contribution in [0.25, 0.3) is 10.2 Å². The normalized spacial score (nSPS) is 11.6. The molecule has 0 saturated carbocycles. The molecule has 23 heavy (non-hydrogen) atoms. The Labute approximate surface area is 142 Å². The summed E-state index contributed by atoms with van der Waals surface area (Å²) in [5, 5.41) is 0.771. The second-order valence-corrected chi connectivity index (χ2v) is 7.76. The molecule has 0 unspecified atom stereocenters. The van der Waals surface area contributed by atoms with Crippen molar-refractivity contribution in [1.82, 2.24) is 4.98 Å². The molecule has 0 amide bonds. The predicted octanol–water partition coefficient (Wildman–Crippen LogP) is 4.15. The van der Waals surface area contributed by atoms with Crippen LogP contribution >= 0.6 is 22.9 Å². The lowest BCUT2D eigenvalue weighted by molar-refractivity contribution is 0.344. The van der Waals surface area contributed by atoms with Gasteiger partial charge < -0.3 is 4.74 Å².